The van der Waals surface area contributed by atoms with Crippen molar-refractivity contribution in [1.82, 2.24) is 20.8 Å². The molecule has 1 aromatic carbocycles. The molecule has 0 saturated heterocycles. The van der Waals surface area contributed by atoms with Crippen LogP contribution in [0.5, 0.6) is 0 Å². The van der Waals surface area contributed by atoms with Crippen LogP contribution in [-0.4, -0.2) is 36.2 Å². The first-order chi connectivity index (χ1) is 11.6. The average Bonchev–Trinajstić information content (AvgIpc) is 3.02. The topological polar surface area (TPSA) is 75.3 Å². The normalized spacial score (nSPS) is 11.8. The van der Waals surface area contributed by atoms with Crippen molar-refractivity contribution in [3.63, 3.8) is 0 Å². The van der Waals surface area contributed by atoms with E-state index in [0.717, 1.165) is 29.8 Å². The molecule has 0 aliphatic heterocycles. The number of aromatic nitrogens is 2. The highest BCUT2D eigenvalue weighted by molar-refractivity contribution is 6.30. The van der Waals surface area contributed by atoms with Gasteiger partial charge in [-0.1, -0.05) is 42.7 Å². The minimum atomic E-state index is 0.274. The summed E-state index contributed by atoms with van der Waals surface area (Å²) in [7, 11) is 1.75. The number of hydrogen-bond donors (Lipinski definition) is 2. The Morgan fingerprint density at radius 3 is 2.62 bits per heavy atom. The second-order valence-corrected chi connectivity index (χ2v) is 6.19. The molecule has 0 amide bonds. The number of hydrogen-bond acceptors (Lipinski definition) is 4. The molecule has 2 rings (SSSR count). The van der Waals surface area contributed by atoms with Gasteiger partial charge in [0, 0.05) is 37.5 Å². The number of guanidine groups is 1. The van der Waals surface area contributed by atoms with Crippen molar-refractivity contribution in [2.45, 2.75) is 32.6 Å². The van der Waals surface area contributed by atoms with Crippen LogP contribution in [0.25, 0.3) is 0 Å². The summed E-state index contributed by atoms with van der Waals surface area (Å²) in [6, 6.07) is 7.87. The number of rotatable bonds is 7. The van der Waals surface area contributed by atoms with Gasteiger partial charge in [-0.05, 0) is 24.1 Å². The summed E-state index contributed by atoms with van der Waals surface area (Å²) in [4.78, 5) is 8.56. The molecule has 1 heterocycles. The molecule has 0 spiro atoms. The molecule has 1 aromatic heterocycles. The van der Waals surface area contributed by atoms with Crippen molar-refractivity contribution in [1.29, 1.82) is 0 Å². The minimum Gasteiger partial charge on any atom is -0.356 e. The Labute approximate surface area is 147 Å². The van der Waals surface area contributed by atoms with E-state index in [4.69, 9.17) is 16.1 Å². The molecule has 0 saturated carbocycles. The maximum absolute atomic E-state index is 5.99. The quantitative estimate of drug-likeness (QED) is 0.594. The second-order valence-electron chi connectivity index (χ2n) is 5.76. The lowest BCUT2D eigenvalue weighted by atomic mass is 10.1. The fraction of sp³-hybridized carbons (Fsp3) is 0.471. The third-order valence-electron chi connectivity index (χ3n) is 3.45. The molecular formula is C17H24ClN5O. The van der Waals surface area contributed by atoms with Crippen LogP contribution in [0.2, 0.25) is 5.02 Å². The summed E-state index contributed by atoms with van der Waals surface area (Å²) < 4.78 is 5.22. The maximum atomic E-state index is 5.99. The van der Waals surface area contributed by atoms with Crippen LogP contribution in [0.4, 0.5) is 0 Å². The molecule has 0 fully saturated rings. The number of nitrogens with one attached hydrogen (secondary N) is 2. The Morgan fingerprint density at radius 1 is 1.25 bits per heavy atom. The molecule has 0 radical (unpaired) electrons. The molecule has 0 bridgehead atoms. The van der Waals surface area contributed by atoms with Crippen LogP contribution in [0.15, 0.2) is 33.8 Å². The van der Waals surface area contributed by atoms with E-state index in [1.54, 1.807) is 7.05 Å². The first kappa shape index (κ1) is 18.3. The molecule has 2 N–H and O–H groups in total. The first-order valence-electron chi connectivity index (χ1n) is 8.10. The predicted octanol–water partition coefficient (Wildman–Crippen LogP) is 2.80. The molecular weight excluding hydrogens is 326 g/mol. The highest BCUT2D eigenvalue weighted by Gasteiger charge is 2.09. The Balaban J connectivity index is 1.70. The van der Waals surface area contributed by atoms with Crippen molar-refractivity contribution in [2.24, 2.45) is 4.99 Å². The van der Waals surface area contributed by atoms with Gasteiger partial charge >= 0.3 is 0 Å². The van der Waals surface area contributed by atoms with Gasteiger partial charge in [0.25, 0.3) is 0 Å². The van der Waals surface area contributed by atoms with Crippen molar-refractivity contribution in [3.05, 3.63) is 46.6 Å². The van der Waals surface area contributed by atoms with Crippen LogP contribution < -0.4 is 10.6 Å². The zero-order valence-corrected chi connectivity index (χ0v) is 15.1. The van der Waals surface area contributed by atoms with E-state index in [-0.39, 0.29) is 5.92 Å². The van der Waals surface area contributed by atoms with Crippen molar-refractivity contribution in [2.75, 3.05) is 20.1 Å². The van der Waals surface area contributed by atoms with E-state index in [2.05, 4.69) is 31.8 Å². The molecule has 6 nitrogen and oxygen atoms in total. The maximum Gasteiger partial charge on any atom is 0.228 e. The predicted molar refractivity (Wildman–Crippen MR) is 96.6 cm³/mol. The standard InChI is InChI=1S/C17H24ClN5O/c1-12(2)16-22-15(24-23-16)8-10-21-17(19-3)20-9-7-13-5-4-6-14(18)11-13/h4-6,11-12H,7-10H2,1-3H3,(H2,19,20,21). The van der Waals surface area contributed by atoms with E-state index in [0.29, 0.717) is 18.9 Å². The van der Waals surface area contributed by atoms with E-state index >= 15 is 0 Å². The van der Waals surface area contributed by atoms with Gasteiger partial charge < -0.3 is 15.2 Å². The average molecular weight is 350 g/mol. The fourth-order valence-electron chi connectivity index (χ4n) is 2.13. The van der Waals surface area contributed by atoms with E-state index in [9.17, 15) is 0 Å². The van der Waals surface area contributed by atoms with Crippen molar-refractivity contribution in [3.8, 4) is 0 Å². The number of halogens is 1. The fourth-order valence-corrected chi connectivity index (χ4v) is 2.34. The molecule has 0 unspecified atom stereocenters. The summed E-state index contributed by atoms with van der Waals surface area (Å²) in [6.07, 6.45) is 1.54. The van der Waals surface area contributed by atoms with E-state index in [1.165, 1.54) is 5.56 Å². The van der Waals surface area contributed by atoms with Gasteiger partial charge in [-0.3, -0.25) is 4.99 Å². The second kappa shape index (κ2) is 9.27. The van der Waals surface area contributed by atoms with Crippen LogP contribution in [0.1, 0.15) is 37.0 Å². The van der Waals surface area contributed by atoms with Crippen LogP contribution in [0, 0.1) is 0 Å². The highest BCUT2D eigenvalue weighted by atomic mass is 35.5. The summed E-state index contributed by atoms with van der Waals surface area (Å²) in [5.74, 6) is 2.41. The third kappa shape index (κ3) is 5.85. The van der Waals surface area contributed by atoms with Crippen molar-refractivity contribution >= 4 is 17.6 Å². The van der Waals surface area contributed by atoms with Crippen molar-refractivity contribution < 1.29 is 4.52 Å². The lowest BCUT2D eigenvalue weighted by Crippen LogP contribution is -2.39. The molecule has 0 aliphatic carbocycles. The largest absolute Gasteiger partial charge is 0.356 e. The van der Waals surface area contributed by atoms with Crippen LogP contribution >= 0.6 is 11.6 Å². The van der Waals surface area contributed by atoms with Crippen LogP contribution in [0.3, 0.4) is 0 Å². The molecule has 0 aliphatic rings. The molecule has 2 aromatic rings. The van der Waals surface area contributed by atoms with E-state index < -0.39 is 0 Å². The van der Waals surface area contributed by atoms with Gasteiger partial charge in [0.15, 0.2) is 11.8 Å². The number of benzene rings is 1. The lowest BCUT2D eigenvalue weighted by molar-refractivity contribution is 0.371. The number of aliphatic imine (C=N–C) groups is 1. The highest BCUT2D eigenvalue weighted by Crippen LogP contribution is 2.11. The molecule has 130 valence electrons. The summed E-state index contributed by atoms with van der Waals surface area (Å²) >= 11 is 5.99. The van der Waals surface area contributed by atoms with Gasteiger partial charge in [0.2, 0.25) is 5.89 Å². The summed E-state index contributed by atoms with van der Waals surface area (Å²) in [5, 5.41) is 11.2. The Kier molecular flexibility index (Phi) is 7.06. The van der Waals surface area contributed by atoms with E-state index in [1.807, 2.05) is 32.0 Å². The summed E-state index contributed by atoms with van der Waals surface area (Å²) in [6.45, 7) is 5.53. The molecule has 7 heteroatoms. The summed E-state index contributed by atoms with van der Waals surface area (Å²) in [5.41, 5.74) is 1.19. The zero-order valence-electron chi connectivity index (χ0n) is 14.3. The lowest BCUT2D eigenvalue weighted by Gasteiger charge is -2.11. The van der Waals surface area contributed by atoms with Gasteiger partial charge in [-0.15, -0.1) is 0 Å². The SMILES string of the molecule is CN=C(NCCc1cccc(Cl)c1)NCCc1nc(C(C)C)no1. The van der Waals surface area contributed by atoms with Gasteiger partial charge in [-0.25, -0.2) is 0 Å². The minimum absolute atomic E-state index is 0.274. The Bertz CT molecular complexity index is 669. The van der Waals surface area contributed by atoms with Gasteiger partial charge in [0.05, 0.1) is 0 Å². The van der Waals surface area contributed by atoms with Crippen LogP contribution in [-0.2, 0) is 12.8 Å². The zero-order chi connectivity index (χ0) is 17.4. The molecule has 24 heavy (non-hydrogen) atoms. The van der Waals surface area contributed by atoms with Gasteiger partial charge in [-0.2, -0.15) is 4.98 Å². The monoisotopic (exact) mass is 349 g/mol. The Hall–Kier alpha value is -2.08. The molecule has 0 atom stereocenters. The number of nitrogens with zero attached hydrogens (tertiary/aromatic N) is 3. The Morgan fingerprint density at radius 2 is 2.00 bits per heavy atom. The smallest absolute Gasteiger partial charge is 0.228 e. The first-order valence-corrected chi connectivity index (χ1v) is 8.47. The van der Waals surface area contributed by atoms with Gasteiger partial charge in [0.1, 0.15) is 0 Å². The third-order valence-corrected chi connectivity index (χ3v) is 3.69.